The van der Waals surface area contributed by atoms with Gasteiger partial charge in [0.15, 0.2) is 0 Å². The number of hydrogen-bond acceptors (Lipinski definition) is 6. The highest BCUT2D eigenvalue weighted by Crippen LogP contribution is 2.30. The first-order valence-electron chi connectivity index (χ1n) is 8.45. The van der Waals surface area contributed by atoms with E-state index in [1.807, 2.05) is 13.8 Å². The maximum atomic E-state index is 12.2. The van der Waals surface area contributed by atoms with Crippen LogP contribution in [-0.4, -0.2) is 40.5 Å². The second-order valence-corrected chi connectivity index (χ2v) is 6.57. The van der Waals surface area contributed by atoms with Gasteiger partial charge in [-0.1, -0.05) is 0 Å². The van der Waals surface area contributed by atoms with E-state index in [0.29, 0.717) is 23.7 Å². The molecular formula is C18H21N3O5S. The molecule has 144 valence electrons. The summed E-state index contributed by atoms with van der Waals surface area (Å²) in [6, 6.07) is 7.66. The molecule has 0 aliphatic heterocycles. The molecule has 2 rings (SSSR count). The number of rotatable bonds is 9. The van der Waals surface area contributed by atoms with Crippen molar-refractivity contribution in [3.8, 4) is 0 Å². The zero-order chi connectivity index (χ0) is 19.8. The van der Waals surface area contributed by atoms with E-state index in [9.17, 15) is 19.7 Å². The lowest BCUT2D eigenvalue weighted by molar-refractivity contribution is -0.387. The van der Waals surface area contributed by atoms with Gasteiger partial charge in [0.2, 0.25) is 5.91 Å². The second kappa shape index (κ2) is 9.77. The fourth-order valence-corrected chi connectivity index (χ4v) is 3.32. The Hall–Kier alpha value is -2.81. The third kappa shape index (κ3) is 5.58. The lowest BCUT2D eigenvalue weighted by atomic mass is 10.2. The zero-order valence-electron chi connectivity index (χ0n) is 15.1. The molecule has 0 aliphatic carbocycles. The van der Waals surface area contributed by atoms with Crippen LogP contribution in [0, 0.1) is 10.1 Å². The molecule has 0 radical (unpaired) electrons. The van der Waals surface area contributed by atoms with Crippen LogP contribution in [-0.2, 0) is 11.3 Å². The Kier molecular flexibility index (Phi) is 7.42. The molecule has 0 aliphatic rings. The van der Waals surface area contributed by atoms with Gasteiger partial charge in [-0.25, -0.2) is 0 Å². The molecule has 0 fully saturated rings. The largest absolute Gasteiger partial charge is 0.467 e. The van der Waals surface area contributed by atoms with Crippen molar-refractivity contribution in [1.82, 2.24) is 10.2 Å². The van der Waals surface area contributed by atoms with Gasteiger partial charge >= 0.3 is 0 Å². The lowest BCUT2D eigenvalue weighted by Gasteiger charge is -2.18. The van der Waals surface area contributed by atoms with Crippen LogP contribution in [0.15, 0.2) is 45.9 Å². The quantitative estimate of drug-likeness (QED) is 0.400. The van der Waals surface area contributed by atoms with Crippen LogP contribution in [0.2, 0.25) is 0 Å². The molecular weight excluding hydrogens is 370 g/mol. The van der Waals surface area contributed by atoms with E-state index in [1.54, 1.807) is 17.0 Å². The Labute approximate surface area is 161 Å². The summed E-state index contributed by atoms with van der Waals surface area (Å²) in [4.78, 5) is 37.2. The van der Waals surface area contributed by atoms with Crippen LogP contribution in [0.25, 0.3) is 0 Å². The van der Waals surface area contributed by atoms with E-state index in [0.717, 1.165) is 11.8 Å². The average molecular weight is 391 g/mol. The number of hydrogen-bond donors (Lipinski definition) is 1. The topological polar surface area (TPSA) is 106 Å². The molecule has 0 saturated carbocycles. The summed E-state index contributed by atoms with van der Waals surface area (Å²) < 4.78 is 5.13. The van der Waals surface area contributed by atoms with Crippen LogP contribution in [0.4, 0.5) is 5.69 Å². The van der Waals surface area contributed by atoms with Gasteiger partial charge in [0, 0.05) is 24.7 Å². The van der Waals surface area contributed by atoms with Crippen molar-refractivity contribution in [2.45, 2.75) is 25.3 Å². The summed E-state index contributed by atoms with van der Waals surface area (Å²) in [6.45, 7) is 5.13. The predicted molar refractivity (Wildman–Crippen MR) is 102 cm³/mol. The van der Waals surface area contributed by atoms with E-state index in [-0.39, 0.29) is 29.5 Å². The summed E-state index contributed by atoms with van der Waals surface area (Å²) in [7, 11) is 0. The molecule has 0 atom stereocenters. The van der Waals surface area contributed by atoms with Crippen LogP contribution in [0.1, 0.15) is 30.0 Å². The molecule has 1 heterocycles. The van der Waals surface area contributed by atoms with Crippen molar-refractivity contribution >= 4 is 29.3 Å². The van der Waals surface area contributed by atoms with Gasteiger partial charge in [0.05, 0.1) is 28.4 Å². The van der Waals surface area contributed by atoms with Gasteiger partial charge < -0.3 is 14.6 Å². The SMILES string of the molecule is CCN(CC)C(=O)CSc1ccc(C(=O)NCc2ccco2)cc1[N+](=O)[O-]. The molecule has 1 N–H and O–H groups in total. The van der Waals surface area contributed by atoms with Crippen molar-refractivity contribution in [3.05, 3.63) is 58.0 Å². The van der Waals surface area contributed by atoms with E-state index < -0.39 is 10.8 Å². The summed E-state index contributed by atoms with van der Waals surface area (Å²) in [5.41, 5.74) is -0.0225. The number of nitro groups is 1. The Bertz CT molecular complexity index is 803. The fraction of sp³-hybridized carbons (Fsp3) is 0.333. The highest BCUT2D eigenvalue weighted by atomic mass is 32.2. The molecule has 9 heteroatoms. The third-order valence-electron chi connectivity index (χ3n) is 3.89. The van der Waals surface area contributed by atoms with E-state index in [4.69, 9.17) is 4.42 Å². The zero-order valence-corrected chi connectivity index (χ0v) is 16.0. The van der Waals surface area contributed by atoms with Crippen LogP contribution >= 0.6 is 11.8 Å². The van der Waals surface area contributed by atoms with Crippen LogP contribution < -0.4 is 5.32 Å². The summed E-state index contributed by atoms with van der Waals surface area (Å²) >= 11 is 1.09. The first-order chi connectivity index (χ1) is 13.0. The predicted octanol–water partition coefficient (Wildman–Crippen LogP) is 3.08. The molecule has 0 spiro atoms. The lowest BCUT2D eigenvalue weighted by Crippen LogP contribution is -2.31. The van der Waals surface area contributed by atoms with Crippen molar-refractivity contribution < 1.29 is 18.9 Å². The molecule has 2 amide bonds. The Morgan fingerprint density at radius 1 is 1.26 bits per heavy atom. The van der Waals surface area contributed by atoms with Gasteiger partial charge in [-0.15, -0.1) is 11.8 Å². The summed E-state index contributed by atoms with van der Waals surface area (Å²) in [6.07, 6.45) is 1.50. The maximum Gasteiger partial charge on any atom is 0.283 e. The highest BCUT2D eigenvalue weighted by Gasteiger charge is 2.20. The van der Waals surface area contributed by atoms with Crippen molar-refractivity contribution in [2.24, 2.45) is 0 Å². The van der Waals surface area contributed by atoms with Crippen LogP contribution in [0.5, 0.6) is 0 Å². The first kappa shape index (κ1) is 20.5. The molecule has 1 aromatic carbocycles. The molecule has 27 heavy (non-hydrogen) atoms. The number of thioether (sulfide) groups is 1. The van der Waals surface area contributed by atoms with Gasteiger partial charge in [0.1, 0.15) is 5.76 Å². The standard InChI is InChI=1S/C18H21N3O5S/c1-3-20(4-2)17(22)12-27-16-8-7-13(10-15(16)21(24)25)18(23)19-11-14-6-5-9-26-14/h5-10H,3-4,11-12H2,1-2H3,(H,19,23). The number of furan rings is 1. The number of benzene rings is 1. The number of amides is 2. The molecule has 8 nitrogen and oxygen atoms in total. The number of carbonyl (C=O) groups excluding carboxylic acids is 2. The van der Waals surface area contributed by atoms with Gasteiger partial charge in [-0.3, -0.25) is 19.7 Å². The van der Waals surface area contributed by atoms with Gasteiger partial charge in [-0.05, 0) is 38.1 Å². The molecule has 0 unspecified atom stereocenters. The smallest absolute Gasteiger partial charge is 0.283 e. The molecule has 1 aromatic heterocycles. The maximum absolute atomic E-state index is 12.2. The first-order valence-corrected chi connectivity index (χ1v) is 9.44. The van der Waals surface area contributed by atoms with Gasteiger partial charge in [0.25, 0.3) is 11.6 Å². The minimum Gasteiger partial charge on any atom is -0.467 e. The fourth-order valence-electron chi connectivity index (χ4n) is 2.41. The van der Waals surface area contributed by atoms with E-state index >= 15 is 0 Å². The van der Waals surface area contributed by atoms with Gasteiger partial charge in [-0.2, -0.15) is 0 Å². The number of nitro benzene ring substituents is 1. The minimum absolute atomic E-state index is 0.0837. The molecule has 2 aromatic rings. The highest BCUT2D eigenvalue weighted by molar-refractivity contribution is 8.00. The molecule has 0 saturated heterocycles. The second-order valence-electron chi connectivity index (χ2n) is 5.56. The molecule has 0 bridgehead atoms. The van der Waals surface area contributed by atoms with Crippen molar-refractivity contribution in [2.75, 3.05) is 18.8 Å². The Balaban J connectivity index is 2.08. The average Bonchev–Trinajstić information content (AvgIpc) is 3.18. The van der Waals surface area contributed by atoms with E-state index in [1.165, 1.54) is 24.5 Å². The number of nitrogens with one attached hydrogen (secondary N) is 1. The van der Waals surface area contributed by atoms with Crippen LogP contribution in [0.3, 0.4) is 0 Å². The minimum atomic E-state index is -0.548. The number of nitrogens with zero attached hydrogens (tertiary/aromatic N) is 2. The monoisotopic (exact) mass is 391 g/mol. The third-order valence-corrected chi connectivity index (χ3v) is 4.94. The Morgan fingerprint density at radius 3 is 2.59 bits per heavy atom. The normalized spacial score (nSPS) is 10.4. The van der Waals surface area contributed by atoms with Crippen molar-refractivity contribution in [1.29, 1.82) is 0 Å². The summed E-state index contributed by atoms with van der Waals surface area (Å²) in [5, 5.41) is 14.0. The van der Waals surface area contributed by atoms with Crippen molar-refractivity contribution in [3.63, 3.8) is 0 Å². The number of carbonyl (C=O) groups is 2. The Morgan fingerprint density at radius 2 is 2.00 bits per heavy atom. The summed E-state index contributed by atoms with van der Waals surface area (Å²) in [5.74, 6) is 0.164. The van der Waals surface area contributed by atoms with E-state index in [2.05, 4.69) is 5.32 Å².